The zero-order valence-electron chi connectivity index (χ0n) is 15.6. The average Bonchev–Trinajstić information content (AvgIpc) is 2.55. The van der Waals surface area contributed by atoms with Gasteiger partial charge in [0.2, 0.25) is 5.91 Å². The number of ether oxygens (including phenoxy) is 1. The molecule has 1 heterocycles. The van der Waals surface area contributed by atoms with Crippen molar-refractivity contribution in [1.29, 1.82) is 0 Å². The molecule has 0 unspecified atom stereocenters. The van der Waals surface area contributed by atoms with Gasteiger partial charge in [-0.1, -0.05) is 6.07 Å². The van der Waals surface area contributed by atoms with E-state index in [-0.39, 0.29) is 18.3 Å². The van der Waals surface area contributed by atoms with E-state index in [2.05, 4.69) is 5.32 Å². The molecule has 0 atom stereocenters. The minimum Gasteiger partial charge on any atom is -0.478 e. The molecule has 1 aliphatic rings. The van der Waals surface area contributed by atoms with Crippen molar-refractivity contribution in [1.82, 2.24) is 9.80 Å². The number of aromatic carboxylic acids is 1. The molecule has 0 radical (unpaired) electrons. The molecule has 8 nitrogen and oxygen atoms in total. The van der Waals surface area contributed by atoms with E-state index in [0.717, 1.165) is 6.07 Å². The highest BCUT2D eigenvalue weighted by Gasteiger charge is 2.26. The molecule has 0 aromatic heterocycles. The first-order valence-electron chi connectivity index (χ1n) is 8.59. The number of carbonyl (C=O) groups excluding carboxylic acids is 2. The van der Waals surface area contributed by atoms with Gasteiger partial charge in [0.1, 0.15) is 5.60 Å². The van der Waals surface area contributed by atoms with Crippen molar-refractivity contribution in [2.75, 3.05) is 38.0 Å². The highest BCUT2D eigenvalue weighted by molar-refractivity contribution is 5.95. The molecule has 0 saturated carbocycles. The number of halogens is 1. The van der Waals surface area contributed by atoms with Crippen molar-refractivity contribution in [3.63, 3.8) is 0 Å². The number of hydrogen-bond acceptors (Lipinski definition) is 5. The third kappa shape index (κ3) is 5.92. The quantitative estimate of drug-likeness (QED) is 0.828. The van der Waals surface area contributed by atoms with Crippen LogP contribution in [0.1, 0.15) is 31.1 Å². The molecule has 2 rings (SSSR count). The van der Waals surface area contributed by atoms with Crippen molar-refractivity contribution in [3.8, 4) is 0 Å². The van der Waals surface area contributed by atoms with E-state index in [1.54, 1.807) is 25.7 Å². The summed E-state index contributed by atoms with van der Waals surface area (Å²) in [4.78, 5) is 38.5. The van der Waals surface area contributed by atoms with Crippen LogP contribution in [0, 0.1) is 5.82 Å². The summed E-state index contributed by atoms with van der Waals surface area (Å²) in [7, 11) is 0. The van der Waals surface area contributed by atoms with Gasteiger partial charge in [-0.25, -0.2) is 14.0 Å². The molecular weight excluding hydrogens is 357 g/mol. The van der Waals surface area contributed by atoms with Gasteiger partial charge in [0.05, 0.1) is 17.8 Å². The zero-order chi connectivity index (χ0) is 20.2. The molecule has 2 amide bonds. The summed E-state index contributed by atoms with van der Waals surface area (Å²) in [5.74, 6) is -2.84. The van der Waals surface area contributed by atoms with Crippen molar-refractivity contribution in [3.05, 3.63) is 29.6 Å². The second-order valence-electron chi connectivity index (χ2n) is 7.26. The Labute approximate surface area is 156 Å². The highest BCUT2D eigenvalue weighted by atomic mass is 19.1. The lowest BCUT2D eigenvalue weighted by molar-refractivity contribution is -0.117. The summed E-state index contributed by atoms with van der Waals surface area (Å²) >= 11 is 0. The van der Waals surface area contributed by atoms with E-state index in [0.29, 0.717) is 26.2 Å². The molecule has 1 aromatic carbocycles. The Morgan fingerprint density at radius 2 is 1.81 bits per heavy atom. The molecule has 1 aromatic rings. The van der Waals surface area contributed by atoms with Gasteiger partial charge < -0.3 is 20.1 Å². The Morgan fingerprint density at radius 1 is 1.19 bits per heavy atom. The molecule has 27 heavy (non-hydrogen) atoms. The number of carboxylic acid groups (broad SMARTS) is 1. The number of amides is 2. The van der Waals surface area contributed by atoms with E-state index in [1.165, 1.54) is 12.1 Å². The lowest BCUT2D eigenvalue weighted by Gasteiger charge is -2.35. The maximum atomic E-state index is 14.1. The molecule has 0 spiro atoms. The Hall–Kier alpha value is -2.68. The number of nitrogens with one attached hydrogen (secondary N) is 1. The summed E-state index contributed by atoms with van der Waals surface area (Å²) in [5.41, 5.74) is -1.24. The Bertz CT molecular complexity index is 724. The van der Waals surface area contributed by atoms with Crippen LogP contribution in [0.15, 0.2) is 18.2 Å². The van der Waals surface area contributed by atoms with Crippen LogP contribution in [0.2, 0.25) is 0 Å². The Morgan fingerprint density at radius 3 is 2.37 bits per heavy atom. The fraction of sp³-hybridized carbons (Fsp3) is 0.500. The number of rotatable bonds is 4. The van der Waals surface area contributed by atoms with E-state index >= 15 is 0 Å². The number of piperazine rings is 1. The van der Waals surface area contributed by atoms with Crippen molar-refractivity contribution < 1.29 is 28.6 Å². The summed E-state index contributed by atoms with van der Waals surface area (Å²) in [6, 6.07) is 3.80. The van der Waals surface area contributed by atoms with E-state index in [9.17, 15) is 18.8 Å². The lowest BCUT2D eigenvalue weighted by Crippen LogP contribution is -2.51. The van der Waals surface area contributed by atoms with Crippen LogP contribution < -0.4 is 5.32 Å². The lowest BCUT2D eigenvalue weighted by atomic mass is 10.2. The Kier molecular flexibility index (Phi) is 6.37. The van der Waals surface area contributed by atoms with Gasteiger partial charge in [0.15, 0.2) is 5.82 Å². The Balaban J connectivity index is 1.86. The van der Waals surface area contributed by atoms with Crippen LogP contribution in [-0.2, 0) is 9.53 Å². The summed E-state index contributed by atoms with van der Waals surface area (Å²) < 4.78 is 19.4. The smallest absolute Gasteiger partial charge is 0.410 e. The molecule has 1 aliphatic heterocycles. The van der Waals surface area contributed by atoms with Gasteiger partial charge in [-0.05, 0) is 32.9 Å². The van der Waals surface area contributed by atoms with Gasteiger partial charge in [0, 0.05) is 26.2 Å². The topological polar surface area (TPSA) is 99.2 Å². The van der Waals surface area contributed by atoms with E-state index in [4.69, 9.17) is 9.84 Å². The fourth-order valence-corrected chi connectivity index (χ4v) is 2.60. The average molecular weight is 381 g/mol. The number of carbonyl (C=O) groups is 3. The number of benzene rings is 1. The first-order valence-corrected chi connectivity index (χ1v) is 8.59. The minimum atomic E-state index is -1.40. The number of carboxylic acids is 1. The first kappa shape index (κ1) is 20.6. The second-order valence-corrected chi connectivity index (χ2v) is 7.26. The van der Waals surface area contributed by atoms with Gasteiger partial charge in [-0.2, -0.15) is 0 Å². The number of hydrogen-bond donors (Lipinski definition) is 2. The van der Waals surface area contributed by atoms with Gasteiger partial charge >= 0.3 is 12.1 Å². The maximum absolute atomic E-state index is 14.1. The largest absolute Gasteiger partial charge is 0.478 e. The summed E-state index contributed by atoms with van der Waals surface area (Å²) in [6.45, 7) is 7.20. The van der Waals surface area contributed by atoms with Crippen molar-refractivity contribution in [2.24, 2.45) is 0 Å². The van der Waals surface area contributed by atoms with Crippen LogP contribution in [0.25, 0.3) is 0 Å². The fourth-order valence-electron chi connectivity index (χ4n) is 2.60. The zero-order valence-corrected chi connectivity index (χ0v) is 15.6. The van der Waals surface area contributed by atoms with Crippen LogP contribution >= 0.6 is 0 Å². The molecule has 1 fully saturated rings. The standard InChI is InChI=1S/C18H24FN3O5/c1-18(2,3)27-17(26)22-9-7-21(8-10-22)11-14(23)20-13-6-4-5-12(15(13)19)16(24)25/h4-6H,7-11H2,1-3H3,(H,20,23)(H,24,25). The number of nitrogens with zero attached hydrogens (tertiary/aromatic N) is 2. The monoisotopic (exact) mass is 381 g/mol. The molecule has 0 bridgehead atoms. The molecule has 9 heteroatoms. The second kappa shape index (κ2) is 8.34. The van der Waals surface area contributed by atoms with Gasteiger partial charge in [0.25, 0.3) is 0 Å². The number of anilines is 1. The SMILES string of the molecule is CC(C)(C)OC(=O)N1CCN(CC(=O)Nc2cccc(C(=O)O)c2F)CC1. The summed E-state index contributed by atoms with van der Waals surface area (Å²) in [5, 5.41) is 11.3. The van der Waals surface area contributed by atoms with E-state index in [1.807, 2.05) is 4.90 Å². The highest BCUT2D eigenvalue weighted by Crippen LogP contribution is 2.18. The van der Waals surface area contributed by atoms with Crippen molar-refractivity contribution >= 4 is 23.7 Å². The van der Waals surface area contributed by atoms with Crippen molar-refractivity contribution in [2.45, 2.75) is 26.4 Å². The van der Waals surface area contributed by atoms with Gasteiger partial charge in [-0.15, -0.1) is 0 Å². The predicted octanol–water partition coefficient (Wildman–Crippen LogP) is 2.02. The van der Waals surface area contributed by atoms with Gasteiger partial charge in [-0.3, -0.25) is 9.69 Å². The first-order chi connectivity index (χ1) is 12.6. The molecule has 1 saturated heterocycles. The maximum Gasteiger partial charge on any atom is 0.410 e. The molecular formula is C18H24FN3O5. The van der Waals surface area contributed by atoms with Crippen LogP contribution in [-0.4, -0.2) is 71.2 Å². The molecule has 2 N–H and O–H groups in total. The van der Waals surface area contributed by atoms with Crippen LogP contribution in [0.4, 0.5) is 14.9 Å². The third-order valence-electron chi connectivity index (χ3n) is 3.89. The normalized spacial score (nSPS) is 15.3. The van der Waals surface area contributed by atoms with Crippen LogP contribution in [0.5, 0.6) is 0 Å². The van der Waals surface area contributed by atoms with Crippen LogP contribution in [0.3, 0.4) is 0 Å². The molecule has 148 valence electrons. The van der Waals surface area contributed by atoms with E-state index < -0.39 is 28.9 Å². The third-order valence-corrected chi connectivity index (χ3v) is 3.89. The summed E-state index contributed by atoms with van der Waals surface area (Å²) in [6.07, 6.45) is -0.390. The molecule has 0 aliphatic carbocycles. The predicted molar refractivity (Wildman–Crippen MR) is 96.2 cm³/mol. The minimum absolute atomic E-state index is 0.0128.